The van der Waals surface area contributed by atoms with E-state index >= 15 is 0 Å². The van der Waals surface area contributed by atoms with Gasteiger partial charge in [-0.1, -0.05) is 6.07 Å². The number of rotatable bonds is 1. The first-order valence-corrected chi connectivity index (χ1v) is 4.08. The van der Waals surface area contributed by atoms with E-state index in [1.165, 1.54) is 12.1 Å². The molecule has 0 aliphatic carbocycles. The summed E-state index contributed by atoms with van der Waals surface area (Å²) < 4.78 is 0. The van der Waals surface area contributed by atoms with E-state index in [1.54, 1.807) is 6.07 Å². The molecule has 0 aromatic heterocycles. The van der Waals surface area contributed by atoms with Gasteiger partial charge in [0, 0.05) is 12.1 Å². The molecular formula is C9H8N2O3. The topological polar surface area (TPSA) is 78.4 Å². The Balaban J connectivity index is 2.51. The van der Waals surface area contributed by atoms with Gasteiger partial charge in [0.25, 0.3) is 5.91 Å². The van der Waals surface area contributed by atoms with Crippen LogP contribution in [0.5, 0.6) is 0 Å². The minimum atomic E-state index is -1.03. The zero-order valence-corrected chi connectivity index (χ0v) is 7.20. The summed E-state index contributed by atoms with van der Waals surface area (Å²) in [5.74, 6) is -1.33. The van der Waals surface area contributed by atoms with Crippen molar-refractivity contribution in [2.75, 3.05) is 0 Å². The molecule has 0 atom stereocenters. The number of hydrazine groups is 1. The Kier molecular flexibility index (Phi) is 1.94. The molecule has 72 valence electrons. The lowest BCUT2D eigenvalue weighted by Gasteiger charge is -2.17. The zero-order chi connectivity index (χ0) is 10.1. The largest absolute Gasteiger partial charge is 0.478 e. The first-order chi connectivity index (χ1) is 6.68. The lowest BCUT2D eigenvalue weighted by atomic mass is 10.0. The van der Waals surface area contributed by atoms with Crippen molar-refractivity contribution >= 4 is 11.9 Å². The van der Waals surface area contributed by atoms with Gasteiger partial charge in [0.2, 0.25) is 0 Å². The number of nitrogens with one attached hydrogen (secondary N) is 2. The third-order valence-corrected chi connectivity index (χ3v) is 2.08. The maximum absolute atomic E-state index is 11.3. The minimum Gasteiger partial charge on any atom is -0.478 e. The van der Waals surface area contributed by atoms with E-state index in [0.717, 1.165) is 5.56 Å². The van der Waals surface area contributed by atoms with Gasteiger partial charge < -0.3 is 5.11 Å². The van der Waals surface area contributed by atoms with Crippen LogP contribution in [0.3, 0.4) is 0 Å². The Labute approximate surface area is 79.7 Å². The molecule has 1 aromatic carbocycles. The molecule has 1 aromatic rings. The molecule has 2 rings (SSSR count). The molecule has 0 spiro atoms. The lowest BCUT2D eigenvalue weighted by Crippen LogP contribution is -2.42. The van der Waals surface area contributed by atoms with E-state index in [2.05, 4.69) is 10.9 Å². The molecule has 0 saturated carbocycles. The van der Waals surface area contributed by atoms with E-state index in [4.69, 9.17) is 5.11 Å². The van der Waals surface area contributed by atoms with Gasteiger partial charge in [-0.15, -0.1) is 0 Å². The Morgan fingerprint density at radius 1 is 1.43 bits per heavy atom. The number of benzene rings is 1. The predicted octanol–water partition coefficient (Wildman–Crippen LogP) is 0.133. The highest BCUT2D eigenvalue weighted by atomic mass is 16.4. The Bertz CT molecular complexity index is 415. The summed E-state index contributed by atoms with van der Waals surface area (Å²) in [4.78, 5) is 21.9. The smallest absolute Gasteiger partial charge is 0.335 e. The van der Waals surface area contributed by atoms with Crippen LogP contribution in [0.1, 0.15) is 26.3 Å². The summed E-state index contributed by atoms with van der Waals surface area (Å²) in [6.07, 6.45) is 0. The van der Waals surface area contributed by atoms with Gasteiger partial charge in [0.1, 0.15) is 0 Å². The standard InChI is InChI=1S/C9H8N2O3/c12-8-7-3-5(9(13)14)1-2-6(7)4-10-11-8/h1-3,10H,4H2,(H,11,12)(H,13,14). The first kappa shape index (κ1) is 8.71. The van der Waals surface area contributed by atoms with Crippen LogP contribution in [0.15, 0.2) is 18.2 Å². The number of hydrogen-bond acceptors (Lipinski definition) is 3. The van der Waals surface area contributed by atoms with Gasteiger partial charge in [-0.05, 0) is 17.7 Å². The third kappa shape index (κ3) is 1.33. The number of carbonyl (C=O) groups excluding carboxylic acids is 1. The average molecular weight is 192 g/mol. The molecule has 0 bridgehead atoms. The number of carboxylic acid groups (broad SMARTS) is 1. The van der Waals surface area contributed by atoms with Crippen molar-refractivity contribution < 1.29 is 14.7 Å². The molecule has 0 fully saturated rings. The minimum absolute atomic E-state index is 0.126. The molecule has 0 saturated heterocycles. The highest BCUT2D eigenvalue weighted by Crippen LogP contribution is 2.14. The molecule has 0 unspecified atom stereocenters. The van der Waals surface area contributed by atoms with Crippen LogP contribution in [0.4, 0.5) is 0 Å². The number of hydrogen-bond donors (Lipinski definition) is 3. The van der Waals surface area contributed by atoms with Gasteiger partial charge in [-0.3, -0.25) is 10.2 Å². The maximum atomic E-state index is 11.3. The van der Waals surface area contributed by atoms with Crippen molar-refractivity contribution in [3.05, 3.63) is 34.9 Å². The molecule has 5 nitrogen and oxygen atoms in total. The fraction of sp³-hybridized carbons (Fsp3) is 0.111. The lowest BCUT2D eigenvalue weighted by molar-refractivity contribution is 0.0697. The van der Waals surface area contributed by atoms with Gasteiger partial charge in [0.15, 0.2) is 0 Å². The van der Waals surface area contributed by atoms with Gasteiger partial charge in [-0.2, -0.15) is 0 Å². The zero-order valence-electron chi connectivity index (χ0n) is 7.20. The first-order valence-electron chi connectivity index (χ1n) is 4.08. The maximum Gasteiger partial charge on any atom is 0.335 e. The molecule has 1 heterocycles. The van der Waals surface area contributed by atoms with E-state index in [0.29, 0.717) is 12.1 Å². The summed E-state index contributed by atoms with van der Waals surface area (Å²) in [5, 5.41) is 8.73. The monoisotopic (exact) mass is 192 g/mol. The van der Waals surface area contributed by atoms with Crippen molar-refractivity contribution in [2.24, 2.45) is 0 Å². The van der Waals surface area contributed by atoms with E-state index < -0.39 is 5.97 Å². The van der Waals surface area contributed by atoms with Crippen LogP contribution >= 0.6 is 0 Å². The molecule has 3 N–H and O–H groups in total. The second-order valence-electron chi connectivity index (χ2n) is 2.98. The number of amides is 1. The Morgan fingerprint density at radius 2 is 2.21 bits per heavy atom. The van der Waals surface area contributed by atoms with Crippen molar-refractivity contribution in [1.29, 1.82) is 0 Å². The Hall–Kier alpha value is -1.88. The molecular weight excluding hydrogens is 184 g/mol. The van der Waals surface area contributed by atoms with Crippen LogP contribution in [0.25, 0.3) is 0 Å². The van der Waals surface area contributed by atoms with Crippen LogP contribution in [-0.2, 0) is 6.54 Å². The highest BCUT2D eigenvalue weighted by molar-refractivity contribution is 5.99. The summed E-state index contributed by atoms with van der Waals surface area (Å²) in [6, 6.07) is 4.51. The van der Waals surface area contributed by atoms with Gasteiger partial charge >= 0.3 is 5.97 Å². The summed E-state index contributed by atoms with van der Waals surface area (Å²) in [6.45, 7) is 0.515. The van der Waals surface area contributed by atoms with Crippen LogP contribution in [0, 0.1) is 0 Å². The fourth-order valence-electron chi connectivity index (χ4n) is 1.36. The van der Waals surface area contributed by atoms with E-state index in [9.17, 15) is 9.59 Å². The number of fused-ring (bicyclic) bond motifs is 1. The van der Waals surface area contributed by atoms with Crippen molar-refractivity contribution in [1.82, 2.24) is 10.9 Å². The Morgan fingerprint density at radius 3 is 2.93 bits per heavy atom. The van der Waals surface area contributed by atoms with Crippen LogP contribution in [0.2, 0.25) is 0 Å². The van der Waals surface area contributed by atoms with Gasteiger partial charge in [0.05, 0.1) is 5.56 Å². The highest BCUT2D eigenvalue weighted by Gasteiger charge is 2.17. The SMILES string of the molecule is O=C(O)c1ccc2c(c1)C(=O)NNC2. The third-order valence-electron chi connectivity index (χ3n) is 2.08. The quantitative estimate of drug-likeness (QED) is 0.591. The average Bonchev–Trinajstić information content (AvgIpc) is 2.18. The van der Waals surface area contributed by atoms with Gasteiger partial charge in [-0.25, -0.2) is 10.2 Å². The summed E-state index contributed by atoms with van der Waals surface area (Å²) in [5.41, 5.74) is 6.47. The molecule has 14 heavy (non-hydrogen) atoms. The molecule has 5 heteroatoms. The molecule has 1 aliphatic heterocycles. The van der Waals surface area contributed by atoms with Crippen molar-refractivity contribution in [3.63, 3.8) is 0 Å². The number of carboxylic acids is 1. The van der Waals surface area contributed by atoms with Crippen molar-refractivity contribution in [2.45, 2.75) is 6.54 Å². The number of aromatic carboxylic acids is 1. The van der Waals surface area contributed by atoms with Crippen LogP contribution < -0.4 is 10.9 Å². The molecule has 0 radical (unpaired) electrons. The molecule has 1 amide bonds. The van der Waals surface area contributed by atoms with Crippen molar-refractivity contribution in [3.8, 4) is 0 Å². The van der Waals surface area contributed by atoms with E-state index in [-0.39, 0.29) is 11.5 Å². The number of carbonyl (C=O) groups is 2. The fourth-order valence-corrected chi connectivity index (χ4v) is 1.36. The summed E-state index contributed by atoms with van der Waals surface area (Å²) in [7, 11) is 0. The second-order valence-corrected chi connectivity index (χ2v) is 2.98. The second kappa shape index (κ2) is 3.12. The normalized spacial score (nSPS) is 14.4. The molecule has 1 aliphatic rings. The van der Waals surface area contributed by atoms with Crippen LogP contribution in [-0.4, -0.2) is 17.0 Å². The predicted molar refractivity (Wildman–Crippen MR) is 47.7 cm³/mol. The van der Waals surface area contributed by atoms with E-state index in [1.807, 2.05) is 0 Å². The summed E-state index contributed by atoms with van der Waals surface area (Å²) >= 11 is 0.